The van der Waals surface area contributed by atoms with E-state index in [1.165, 1.54) is 11.1 Å². The van der Waals surface area contributed by atoms with Crippen molar-refractivity contribution in [3.8, 4) is 0 Å². The molecule has 76 valence electrons. The van der Waals surface area contributed by atoms with Gasteiger partial charge in [0.05, 0.1) is 0 Å². The summed E-state index contributed by atoms with van der Waals surface area (Å²) in [6.45, 7) is 0. The lowest BCUT2D eigenvalue weighted by molar-refractivity contribution is -0.117. The molecular weight excluding hydrogens is 186 g/mol. The van der Waals surface area contributed by atoms with E-state index in [0.717, 1.165) is 12.8 Å². The highest BCUT2D eigenvalue weighted by molar-refractivity contribution is 5.89. The molecule has 3 rings (SSSR count). The topological polar surface area (TPSA) is 29.1 Å². The van der Waals surface area contributed by atoms with Gasteiger partial charge in [-0.05, 0) is 30.0 Å². The Labute approximate surface area is 89.0 Å². The van der Waals surface area contributed by atoms with Crippen LogP contribution in [-0.4, -0.2) is 11.9 Å². The first-order valence-electron chi connectivity index (χ1n) is 5.41. The minimum Gasteiger partial charge on any atom is -0.349 e. The van der Waals surface area contributed by atoms with Gasteiger partial charge in [-0.3, -0.25) is 4.79 Å². The highest BCUT2D eigenvalue weighted by atomic mass is 16.1. The summed E-state index contributed by atoms with van der Waals surface area (Å²) in [5.74, 6) is 0.434. The number of hydrogen-bond acceptors (Lipinski definition) is 1. The Bertz CT molecular complexity index is 436. The molecule has 0 spiro atoms. The van der Waals surface area contributed by atoms with Crippen LogP contribution < -0.4 is 5.32 Å². The third-order valence-corrected chi connectivity index (χ3v) is 3.35. The van der Waals surface area contributed by atoms with Crippen LogP contribution in [-0.2, 0) is 11.2 Å². The van der Waals surface area contributed by atoms with Gasteiger partial charge in [-0.25, -0.2) is 0 Å². The SMILES string of the molecule is O=C1C=CC2c3ccccc3CCC2N1. The van der Waals surface area contributed by atoms with Crippen LogP contribution in [0.4, 0.5) is 0 Å². The Kier molecular flexibility index (Phi) is 1.88. The van der Waals surface area contributed by atoms with Gasteiger partial charge in [0.15, 0.2) is 0 Å². The predicted octanol–water partition coefficient (Wildman–Crippen LogP) is 1.77. The van der Waals surface area contributed by atoms with E-state index >= 15 is 0 Å². The summed E-state index contributed by atoms with van der Waals surface area (Å²) < 4.78 is 0. The minimum atomic E-state index is 0.0515. The first-order valence-corrected chi connectivity index (χ1v) is 5.41. The second-order valence-corrected chi connectivity index (χ2v) is 4.24. The van der Waals surface area contributed by atoms with Crippen LogP contribution in [0.2, 0.25) is 0 Å². The van der Waals surface area contributed by atoms with Crippen molar-refractivity contribution in [3.05, 3.63) is 47.5 Å². The minimum absolute atomic E-state index is 0.0515. The number of carbonyl (C=O) groups is 1. The van der Waals surface area contributed by atoms with E-state index in [1.807, 2.05) is 6.08 Å². The van der Waals surface area contributed by atoms with E-state index in [1.54, 1.807) is 6.08 Å². The summed E-state index contributed by atoms with van der Waals surface area (Å²) in [7, 11) is 0. The molecule has 1 amide bonds. The van der Waals surface area contributed by atoms with Crippen molar-refractivity contribution in [1.29, 1.82) is 0 Å². The van der Waals surface area contributed by atoms with Crippen LogP contribution in [0.5, 0.6) is 0 Å². The molecule has 2 heteroatoms. The summed E-state index contributed by atoms with van der Waals surface area (Å²) in [6.07, 6.45) is 5.83. The number of benzene rings is 1. The van der Waals surface area contributed by atoms with E-state index in [9.17, 15) is 4.79 Å². The first-order chi connectivity index (χ1) is 7.34. The molecule has 0 saturated heterocycles. The number of aryl methyl sites for hydroxylation is 1. The van der Waals surface area contributed by atoms with Gasteiger partial charge in [-0.15, -0.1) is 0 Å². The average Bonchev–Trinajstić information content (AvgIpc) is 2.28. The fraction of sp³-hybridized carbons (Fsp3) is 0.308. The van der Waals surface area contributed by atoms with Crippen molar-refractivity contribution >= 4 is 5.91 Å². The summed E-state index contributed by atoms with van der Waals surface area (Å²) in [6, 6.07) is 8.83. The van der Waals surface area contributed by atoms with Gasteiger partial charge in [0.25, 0.3) is 0 Å². The van der Waals surface area contributed by atoms with E-state index < -0.39 is 0 Å². The van der Waals surface area contributed by atoms with Crippen LogP contribution in [0.1, 0.15) is 23.5 Å². The van der Waals surface area contributed by atoms with Gasteiger partial charge in [0.2, 0.25) is 5.91 Å². The molecule has 1 aliphatic carbocycles. The molecule has 1 aliphatic heterocycles. The predicted molar refractivity (Wildman–Crippen MR) is 58.6 cm³/mol. The fourth-order valence-electron chi connectivity index (χ4n) is 2.62. The van der Waals surface area contributed by atoms with Gasteiger partial charge in [-0.2, -0.15) is 0 Å². The van der Waals surface area contributed by atoms with Crippen molar-refractivity contribution in [2.75, 3.05) is 0 Å². The number of amides is 1. The van der Waals surface area contributed by atoms with Crippen molar-refractivity contribution in [2.24, 2.45) is 0 Å². The van der Waals surface area contributed by atoms with Crippen LogP contribution in [0.15, 0.2) is 36.4 Å². The third-order valence-electron chi connectivity index (χ3n) is 3.35. The van der Waals surface area contributed by atoms with Crippen molar-refractivity contribution in [2.45, 2.75) is 24.8 Å². The Morgan fingerprint density at radius 2 is 2.13 bits per heavy atom. The molecule has 1 N–H and O–H groups in total. The van der Waals surface area contributed by atoms with Gasteiger partial charge >= 0.3 is 0 Å². The normalized spacial score (nSPS) is 27.9. The number of nitrogens with one attached hydrogen (secondary N) is 1. The molecule has 0 aromatic heterocycles. The Hall–Kier alpha value is -1.57. The lowest BCUT2D eigenvalue weighted by Gasteiger charge is -2.34. The van der Waals surface area contributed by atoms with E-state index in [0.29, 0.717) is 12.0 Å². The van der Waals surface area contributed by atoms with E-state index in [-0.39, 0.29) is 5.91 Å². The summed E-state index contributed by atoms with van der Waals surface area (Å²) in [4.78, 5) is 11.2. The first kappa shape index (κ1) is 8.72. The number of hydrogen-bond donors (Lipinski definition) is 1. The molecule has 2 nitrogen and oxygen atoms in total. The molecule has 1 aromatic carbocycles. The lowest BCUT2D eigenvalue weighted by Crippen LogP contribution is -2.43. The number of fused-ring (bicyclic) bond motifs is 3. The third kappa shape index (κ3) is 1.37. The molecule has 2 unspecified atom stereocenters. The van der Waals surface area contributed by atoms with Gasteiger partial charge in [-0.1, -0.05) is 30.3 Å². The van der Waals surface area contributed by atoms with Gasteiger partial charge in [0, 0.05) is 12.0 Å². The molecule has 0 bridgehead atoms. The van der Waals surface area contributed by atoms with E-state index in [2.05, 4.69) is 29.6 Å². The number of carbonyl (C=O) groups excluding carboxylic acids is 1. The molecule has 0 saturated carbocycles. The maximum Gasteiger partial charge on any atom is 0.243 e. The maximum atomic E-state index is 11.2. The lowest BCUT2D eigenvalue weighted by atomic mass is 9.78. The molecule has 15 heavy (non-hydrogen) atoms. The largest absolute Gasteiger partial charge is 0.349 e. The highest BCUT2D eigenvalue weighted by Gasteiger charge is 2.30. The maximum absolute atomic E-state index is 11.2. The summed E-state index contributed by atoms with van der Waals surface area (Å²) >= 11 is 0. The molecule has 0 fully saturated rings. The Morgan fingerprint density at radius 1 is 1.27 bits per heavy atom. The zero-order valence-electron chi connectivity index (χ0n) is 8.44. The second-order valence-electron chi connectivity index (χ2n) is 4.24. The summed E-state index contributed by atoms with van der Waals surface area (Å²) in [5, 5.41) is 3.03. The van der Waals surface area contributed by atoms with Crippen LogP contribution in [0, 0.1) is 0 Å². The standard InChI is InChI=1S/C13H13NO/c15-13-8-6-11-10-4-2-1-3-9(10)5-7-12(11)14-13/h1-4,6,8,11-12H,5,7H2,(H,14,15). The van der Waals surface area contributed by atoms with Crippen molar-refractivity contribution in [1.82, 2.24) is 5.32 Å². The smallest absolute Gasteiger partial charge is 0.243 e. The zero-order chi connectivity index (χ0) is 10.3. The quantitative estimate of drug-likeness (QED) is 0.678. The molecule has 2 aliphatic rings. The molecule has 1 aromatic rings. The fourth-order valence-corrected chi connectivity index (χ4v) is 2.62. The van der Waals surface area contributed by atoms with Crippen molar-refractivity contribution < 1.29 is 4.79 Å². The molecular formula is C13H13NO. The number of rotatable bonds is 0. The Morgan fingerprint density at radius 3 is 3.07 bits per heavy atom. The summed E-state index contributed by atoms with van der Waals surface area (Å²) in [5.41, 5.74) is 2.81. The highest BCUT2D eigenvalue weighted by Crippen LogP contribution is 2.34. The Balaban J connectivity index is 2.06. The van der Waals surface area contributed by atoms with Gasteiger partial charge < -0.3 is 5.32 Å². The average molecular weight is 199 g/mol. The molecule has 0 radical (unpaired) electrons. The van der Waals surface area contributed by atoms with Crippen LogP contribution >= 0.6 is 0 Å². The zero-order valence-corrected chi connectivity index (χ0v) is 8.44. The van der Waals surface area contributed by atoms with Gasteiger partial charge in [0.1, 0.15) is 0 Å². The monoisotopic (exact) mass is 199 g/mol. The second kappa shape index (κ2) is 3.23. The van der Waals surface area contributed by atoms with Crippen molar-refractivity contribution in [3.63, 3.8) is 0 Å². The van der Waals surface area contributed by atoms with Crippen LogP contribution in [0.25, 0.3) is 0 Å². The van der Waals surface area contributed by atoms with E-state index in [4.69, 9.17) is 0 Å². The van der Waals surface area contributed by atoms with Crippen LogP contribution in [0.3, 0.4) is 0 Å². The molecule has 2 atom stereocenters. The molecule has 1 heterocycles.